The molecule has 0 radical (unpaired) electrons. The second kappa shape index (κ2) is 4.58. The number of carbonyl (C=O) groups excluding carboxylic acids is 2. The molecule has 2 fully saturated rings. The van der Waals surface area contributed by atoms with Crippen LogP contribution in [0.2, 0.25) is 0 Å². The monoisotopic (exact) mass is 276 g/mol. The Morgan fingerprint density at radius 1 is 1.25 bits per heavy atom. The fraction of sp³-hybridized carbons (Fsp3) is 0.467. The Bertz CT molecular complexity index is 579. The first-order valence-corrected chi connectivity index (χ1v) is 6.92. The number of hydrogen-bond donors (Lipinski definition) is 1. The summed E-state index contributed by atoms with van der Waals surface area (Å²) >= 11 is 0. The fourth-order valence-corrected chi connectivity index (χ4v) is 3.23. The van der Waals surface area contributed by atoms with E-state index in [1.54, 1.807) is 19.1 Å². The molecule has 0 bridgehead atoms. The van der Waals surface area contributed by atoms with E-state index < -0.39 is 5.54 Å². The van der Waals surface area contributed by atoms with Crippen molar-refractivity contribution in [3.8, 4) is 0 Å². The minimum Gasteiger partial charge on any atom is -0.340 e. The minimum absolute atomic E-state index is 0.0368. The van der Waals surface area contributed by atoms with E-state index in [9.17, 15) is 14.0 Å². The first kappa shape index (κ1) is 13.1. The number of nitrogens with zero attached hydrogens (tertiary/aromatic N) is 1. The predicted molar refractivity (Wildman–Crippen MR) is 72.8 cm³/mol. The Morgan fingerprint density at radius 3 is 2.65 bits per heavy atom. The van der Waals surface area contributed by atoms with E-state index >= 15 is 0 Å². The van der Waals surface area contributed by atoms with E-state index in [1.165, 1.54) is 11.0 Å². The van der Waals surface area contributed by atoms with E-state index in [0.717, 1.165) is 12.8 Å². The van der Waals surface area contributed by atoms with Gasteiger partial charge in [0.25, 0.3) is 5.91 Å². The van der Waals surface area contributed by atoms with Crippen LogP contribution in [0.5, 0.6) is 0 Å². The minimum atomic E-state index is -0.770. The quantitative estimate of drug-likeness (QED) is 0.852. The molecule has 1 heterocycles. The van der Waals surface area contributed by atoms with Crippen LogP contribution in [0.15, 0.2) is 18.2 Å². The molecule has 2 aliphatic rings. The number of hydrogen-bond acceptors (Lipinski definition) is 2. The summed E-state index contributed by atoms with van der Waals surface area (Å²) in [5, 5.41) is 2.85. The number of amides is 2. The molecule has 1 aliphatic heterocycles. The predicted octanol–water partition coefficient (Wildman–Crippen LogP) is 1.91. The first-order chi connectivity index (χ1) is 9.53. The lowest BCUT2D eigenvalue weighted by atomic mass is 9.92. The van der Waals surface area contributed by atoms with Crippen LogP contribution in [0.1, 0.15) is 31.2 Å². The van der Waals surface area contributed by atoms with Gasteiger partial charge in [-0.25, -0.2) is 4.39 Å². The van der Waals surface area contributed by atoms with Crippen LogP contribution in [0.4, 0.5) is 10.1 Å². The number of halogens is 1. The molecule has 3 rings (SSSR count). The maximum absolute atomic E-state index is 13.7. The number of anilines is 1. The van der Waals surface area contributed by atoms with Gasteiger partial charge in [-0.05, 0) is 31.9 Å². The molecule has 1 saturated carbocycles. The van der Waals surface area contributed by atoms with Gasteiger partial charge < -0.3 is 10.2 Å². The van der Waals surface area contributed by atoms with E-state index in [1.807, 2.05) is 0 Å². The van der Waals surface area contributed by atoms with Crippen LogP contribution < -0.4 is 10.2 Å². The smallest absolute Gasteiger partial charge is 0.253 e. The van der Waals surface area contributed by atoms with Gasteiger partial charge in [0.1, 0.15) is 17.9 Å². The van der Waals surface area contributed by atoms with Crippen molar-refractivity contribution < 1.29 is 14.0 Å². The molecule has 1 saturated heterocycles. The largest absolute Gasteiger partial charge is 0.340 e. The van der Waals surface area contributed by atoms with Gasteiger partial charge in [0.05, 0.1) is 5.69 Å². The zero-order valence-electron chi connectivity index (χ0n) is 11.4. The number of benzene rings is 1. The Kier molecular flexibility index (Phi) is 3.00. The number of piperazine rings is 1. The van der Waals surface area contributed by atoms with Crippen LogP contribution in [0.25, 0.3) is 0 Å². The van der Waals surface area contributed by atoms with Crippen molar-refractivity contribution in [1.82, 2.24) is 5.32 Å². The molecule has 20 heavy (non-hydrogen) atoms. The van der Waals surface area contributed by atoms with Crippen molar-refractivity contribution >= 4 is 17.5 Å². The van der Waals surface area contributed by atoms with Crippen LogP contribution >= 0.6 is 0 Å². The molecular formula is C15H17FN2O2. The highest BCUT2D eigenvalue weighted by Crippen LogP contribution is 2.35. The Hall–Kier alpha value is -1.91. The van der Waals surface area contributed by atoms with E-state index in [4.69, 9.17) is 0 Å². The highest BCUT2D eigenvalue weighted by Gasteiger charge is 2.48. The normalized spacial score (nSPS) is 21.4. The third-order valence-electron chi connectivity index (χ3n) is 4.32. The van der Waals surface area contributed by atoms with Crippen molar-refractivity contribution in [2.75, 3.05) is 11.4 Å². The van der Waals surface area contributed by atoms with Crippen LogP contribution in [0.3, 0.4) is 0 Å². The lowest BCUT2D eigenvalue weighted by molar-refractivity contribution is -0.135. The molecule has 2 amide bonds. The number of carbonyl (C=O) groups is 2. The molecule has 1 aliphatic carbocycles. The summed E-state index contributed by atoms with van der Waals surface area (Å²) < 4.78 is 13.7. The van der Waals surface area contributed by atoms with E-state index in [0.29, 0.717) is 24.1 Å². The second-order valence-electron chi connectivity index (χ2n) is 5.61. The molecule has 1 aromatic rings. The second-order valence-corrected chi connectivity index (χ2v) is 5.61. The average Bonchev–Trinajstić information content (AvgIpc) is 2.87. The Morgan fingerprint density at radius 2 is 1.95 bits per heavy atom. The average molecular weight is 276 g/mol. The van der Waals surface area contributed by atoms with Crippen LogP contribution in [-0.2, 0) is 9.59 Å². The molecule has 1 spiro atoms. The molecule has 0 atom stereocenters. The summed E-state index contributed by atoms with van der Waals surface area (Å²) in [5.74, 6) is -0.639. The molecule has 106 valence electrons. The summed E-state index contributed by atoms with van der Waals surface area (Å²) in [6.07, 6.45) is 3.20. The van der Waals surface area contributed by atoms with Crippen LogP contribution in [0, 0.1) is 12.7 Å². The highest BCUT2D eigenvalue weighted by atomic mass is 19.1. The molecule has 4 nitrogen and oxygen atoms in total. The SMILES string of the molecule is Cc1c(F)cccc1N1CC(=O)NC2(CCCC2)C1=O. The fourth-order valence-electron chi connectivity index (χ4n) is 3.23. The topological polar surface area (TPSA) is 49.4 Å². The van der Waals surface area contributed by atoms with Gasteiger partial charge in [0.2, 0.25) is 5.91 Å². The Balaban J connectivity index is 2.02. The van der Waals surface area contributed by atoms with Crippen molar-refractivity contribution in [3.63, 3.8) is 0 Å². The zero-order valence-corrected chi connectivity index (χ0v) is 11.4. The van der Waals surface area contributed by atoms with Crippen LogP contribution in [-0.4, -0.2) is 23.9 Å². The number of rotatable bonds is 1. The summed E-state index contributed by atoms with van der Waals surface area (Å²) in [6.45, 7) is 1.59. The zero-order chi connectivity index (χ0) is 14.3. The van der Waals surface area contributed by atoms with Crippen molar-refractivity contribution in [1.29, 1.82) is 0 Å². The third-order valence-corrected chi connectivity index (χ3v) is 4.32. The maximum atomic E-state index is 13.7. The molecule has 5 heteroatoms. The molecule has 0 unspecified atom stereocenters. The van der Waals surface area contributed by atoms with E-state index in [2.05, 4.69) is 5.32 Å². The van der Waals surface area contributed by atoms with Gasteiger partial charge in [-0.1, -0.05) is 18.9 Å². The van der Waals surface area contributed by atoms with Gasteiger partial charge in [0.15, 0.2) is 0 Å². The lowest BCUT2D eigenvalue weighted by Gasteiger charge is -2.40. The van der Waals surface area contributed by atoms with Gasteiger partial charge in [-0.15, -0.1) is 0 Å². The van der Waals surface area contributed by atoms with Crippen molar-refractivity contribution in [2.24, 2.45) is 0 Å². The summed E-state index contributed by atoms with van der Waals surface area (Å²) in [4.78, 5) is 26.1. The maximum Gasteiger partial charge on any atom is 0.253 e. The van der Waals surface area contributed by atoms with Crippen molar-refractivity contribution in [2.45, 2.75) is 38.1 Å². The molecule has 1 aromatic carbocycles. The van der Waals surface area contributed by atoms with Gasteiger partial charge in [-0.3, -0.25) is 9.59 Å². The summed E-state index contributed by atoms with van der Waals surface area (Å²) in [6, 6.07) is 4.62. The first-order valence-electron chi connectivity index (χ1n) is 6.92. The van der Waals surface area contributed by atoms with Crippen molar-refractivity contribution in [3.05, 3.63) is 29.6 Å². The third kappa shape index (κ3) is 1.88. The lowest BCUT2D eigenvalue weighted by Crippen LogP contribution is -2.65. The van der Waals surface area contributed by atoms with Gasteiger partial charge in [0, 0.05) is 5.56 Å². The summed E-state index contributed by atoms with van der Waals surface area (Å²) in [7, 11) is 0. The standard InChI is InChI=1S/C15H17FN2O2/c1-10-11(16)5-4-6-12(10)18-9-13(19)17-15(14(18)20)7-2-3-8-15/h4-6H,2-3,7-9H2,1H3,(H,17,19). The van der Waals surface area contributed by atoms with Gasteiger partial charge in [-0.2, -0.15) is 0 Å². The summed E-state index contributed by atoms with van der Waals surface area (Å²) in [5.41, 5.74) is 0.133. The molecule has 0 aromatic heterocycles. The Labute approximate surface area is 117 Å². The van der Waals surface area contributed by atoms with E-state index in [-0.39, 0.29) is 24.2 Å². The highest BCUT2D eigenvalue weighted by molar-refractivity contribution is 6.09. The van der Waals surface area contributed by atoms with Gasteiger partial charge >= 0.3 is 0 Å². The number of nitrogens with one attached hydrogen (secondary N) is 1. The molecular weight excluding hydrogens is 259 g/mol. The molecule has 1 N–H and O–H groups in total.